The average Bonchev–Trinajstić information content (AvgIpc) is 2.67. The Labute approximate surface area is 147 Å². The van der Waals surface area contributed by atoms with E-state index in [1.165, 1.54) is 12.1 Å². The van der Waals surface area contributed by atoms with Gasteiger partial charge in [0.25, 0.3) is 0 Å². The summed E-state index contributed by atoms with van der Waals surface area (Å²) in [7, 11) is 0. The van der Waals surface area contributed by atoms with Gasteiger partial charge in [-0.25, -0.2) is 9.18 Å². The van der Waals surface area contributed by atoms with Crippen molar-refractivity contribution in [2.75, 3.05) is 24.5 Å². The zero-order chi connectivity index (χ0) is 17.5. The van der Waals surface area contributed by atoms with Gasteiger partial charge in [-0.15, -0.1) is 0 Å². The summed E-state index contributed by atoms with van der Waals surface area (Å²) >= 11 is 0. The van der Waals surface area contributed by atoms with Gasteiger partial charge in [-0.2, -0.15) is 0 Å². The van der Waals surface area contributed by atoms with Crippen LogP contribution in [0.3, 0.4) is 0 Å². The van der Waals surface area contributed by atoms with E-state index in [4.69, 9.17) is 0 Å². The van der Waals surface area contributed by atoms with Crippen LogP contribution in [0.2, 0.25) is 0 Å². The quantitative estimate of drug-likeness (QED) is 0.878. The Bertz CT molecular complexity index is 670. The molecule has 0 bridgehead atoms. The first-order valence-electron chi connectivity index (χ1n) is 8.62. The van der Waals surface area contributed by atoms with Crippen molar-refractivity contribution in [1.29, 1.82) is 0 Å². The van der Waals surface area contributed by atoms with Crippen molar-refractivity contribution in [3.8, 4) is 0 Å². The average molecular weight is 342 g/mol. The number of amides is 2. The number of aromatic nitrogens is 1. The Morgan fingerprint density at radius 1 is 1.16 bits per heavy atom. The minimum Gasteiger partial charge on any atom is -0.370 e. The van der Waals surface area contributed by atoms with Crippen molar-refractivity contribution in [2.24, 2.45) is 5.92 Å². The molecule has 0 radical (unpaired) electrons. The molecule has 25 heavy (non-hydrogen) atoms. The van der Waals surface area contributed by atoms with Gasteiger partial charge < -0.3 is 15.5 Å². The minimum absolute atomic E-state index is 0.181. The number of urea groups is 1. The molecule has 0 aliphatic carbocycles. The Hall–Kier alpha value is -2.63. The van der Waals surface area contributed by atoms with Crippen LogP contribution in [0, 0.1) is 11.7 Å². The smallest absolute Gasteiger partial charge is 0.315 e. The Kier molecular flexibility index (Phi) is 5.82. The highest BCUT2D eigenvalue weighted by atomic mass is 19.1. The largest absolute Gasteiger partial charge is 0.370 e. The van der Waals surface area contributed by atoms with Crippen LogP contribution in [0.25, 0.3) is 0 Å². The molecule has 0 spiro atoms. The Morgan fingerprint density at radius 2 is 1.92 bits per heavy atom. The van der Waals surface area contributed by atoms with Crippen LogP contribution in [-0.2, 0) is 6.54 Å². The van der Waals surface area contributed by atoms with E-state index in [-0.39, 0.29) is 11.8 Å². The number of nitrogens with zero attached hydrogens (tertiary/aromatic N) is 2. The second-order valence-electron chi connectivity index (χ2n) is 6.33. The summed E-state index contributed by atoms with van der Waals surface area (Å²) in [6.45, 7) is 3.03. The van der Waals surface area contributed by atoms with E-state index in [0.717, 1.165) is 37.2 Å². The molecule has 2 amide bonds. The van der Waals surface area contributed by atoms with E-state index in [1.54, 1.807) is 18.3 Å². The van der Waals surface area contributed by atoms with Crippen LogP contribution in [-0.4, -0.2) is 30.6 Å². The van der Waals surface area contributed by atoms with Gasteiger partial charge in [0, 0.05) is 32.4 Å². The second kappa shape index (κ2) is 8.46. The summed E-state index contributed by atoms with van der Waals surface area (Å²) in [6, 6.07) is 9.98. The fourth-order valence-electron chi connectivity index (χ4n) is 3.02. The molecule has 2 heterocycles. The van der Waals surface area contributed by atoms with Gasteiger partial charge in [0.2, 0.25) is 0 Å². The van der Waals surface area contributed by atoms with Gasteiger partial charge in [0.1, 0.15) is 5.82 Å². The highest BCUT2D eigenvalue weighted by molar-refractivity contribution is 5.73. The molecule has 1 fully saturated rings. The van der Waals surface area contributed by atoms with Crippen molar-refractivity contribution in [3.05, 3.63) is 60.2 Å². The molecule has 1 aromatic heterocycles. The van der Waals surface area contributed by atoms with Crippen LogP contribution in [0.1, 0.15) is 18.4 Å². The van der Waals surface area contributed by atoms with Gasteiger partial charge in [-0.3, -0.25) is 4.98 Å². The summed E-state index contributed by atoms with van der Waals surface area (Å²) in [5.41, 5.74) is 2.03. The number of pyridine rings is 1. The number of anilines is 1. The minimum atomic E-state index is -0.272. The van der Waals surface area contributed by atoms with Crippen molar-refractivity contribution in [1.82, 2.24) is 15.6 Å². The molecule has 1 aliphatic heterocycles. The molecule has 1 saturated heterocycles. The summed E-state index contributed by atoms with van der Waals surface area (Å²) in [6.07, 6.45) is 5.77. The Balaban J connectivity index is 1.35. The first-order valence-corrected chi connectivity index (χ1v) is 8.62. The van der Waals surface area contributed by atoms with Gasteiger partial charge in [0.05, 0.1) is 11.9 Å². The van der Waals surface area contributed by atoms with Gasteiger partial charge in [-0.1, -0.05) is 12.1 Å². The molecule has 1 aromatic carbocycles. The van der Waals surface area contributed by atoms with Gasteiger partial charge >= 0.3 is 6.03 Å². The maximum absolute atomic E-state index is 12.8. The number of halogens is 1. The molecular formula is C19H23FN4O. The lowest BCUT2D eigenvalue weighted by atomic mass is 9.96. The molecule has 5 nitrogen and oxygen atoms in total. The SMILES string of the molecule is O=C(NCc1ccc(F)cc1)NCC1CCN(c2cccnc2)CC1. The van der Waals surface area contributed by atoms with E-state index in [9.17, 15) is 9.18 Å². The molecule has 0 unspecified atom stereocenters. The molecular weight excluding hydrogens is 319 g/mol. The van der Waals surface area contributed by atoms with Crippen LogP contribution in [0.4, 0.5) is 14.9 Å². The third-order valence-electron chi connectivity index (χ3n) is 4.54. The zero-order valence-electron chi connectivity index (χ0n) is 14.1. The number of piperidine rings is 1. The summed E-state index contributed by atoms with van der Waals surface area (Å²) < 4.78 is 12.8. The van der Waals surface area contributed by atoms with E-state index >= 15 is 0 Å². The fourth-order valence-corrected chi connectivity index (χ4v) is 3.02. The zero-order valence-corrected chi connectivity index (χ0v) is 14.1. The van der Waals surface area contributed by atoms with Crippen LogP contribution < -0.4 is 15.5 Å². The van der Waals surface area contributed by atoms with Crippen molar-refractivity contribution >= 4 is 11.7 Å². The molecule has 2 N–H and O–H groups in total. The third-order valence-corrected chi connectivity index (χ3v) is 4.54. The molecule has 6 heteroatoms. The lowest BCUT2D eigenvalue weighted by Gasteiger charge is -2.33. The number of benzene rings is 1. The lowest BCUT2D eigenvalue weighted by Crippen LogP contribution is -2.41. The third kappa shape index (κ3) is 5.17. The monoisotopic (exact) mass is 342 g/mol. The second-order valence-corrected chi connectivity index (χ2v) is 6.33. The van der Waals surface area contributed by atoms with Gasteiger partial charge in [0.15, 0.2) is 0 Å². The number of nitrogens with one attached hydrogen (secondary N) is 2. The standard InChI is InChI=1S/C19H23FN4O/c20-17-5-3-15(4-6-17)12-22-19(25)23-13-16-7-10-24(11-8-16)18-2-1-9-21-14-18/h1-6,9,14,16H,7-8,10-13H2,(H2,22,23,25). The fraction of sp³-hybridized carbons (Fsp3) is 0.368. The molecule has 0 saturated carbocycles. The highest BCUT2D eigenvalue weighted by Gasteiger charge is 2.19. The molecule has 132 valence electrons. The number of hydrogen-bond acceptors (Lipinski definition) is 3. The summed E-state index contributed by atoms with van der Waals surface area (Å²) in [5, 5.41) is 5.74. The number of hydrogen-bond donors (Lipinski definition) is 2. The van der Waals surface area contributed by atoms with E-state index in [2.05, 4.69) is 26.6 Å². The predicted octanol–water partition coefficient (Wildman–Crippen LogP) is 2.94. The molecule has 2 aromatic rings. The maximum atomic E-state index is 12.8. The molecule has 3 rings (SSSR count). The van der Waals surface area contributed by atoms with Crippen molar-refractivity contribution in [2.45, 2.75) is 19.4 Å². The molecule has 0 atom stereocenters. The number of rotatable bonds is 5. The van der Waals surface area contributed by atoms with E-state index in [0.29, 0.717) is 19.0 Å². The number of carbonyl (C=O) groups excluding carboxylic acids is 1. The molecule has 1 aliphatic rings. The topological polar surface area (TPSA) is 57.3 Å². The van der Waals surface area contributed by atoms with Crippen LogP contribution in [0.5, 0.6) is 0 Å². The lowest BCUT2D eigenvalue weighted by molar-refractivity contribution is 0.237. The Morgan fingerprint density at radius 3 is 2.60 bits per heavy atom. The number of carbonyl (C=O) groups is 1. The van der Waals surface area contributed by atoms with Crippen LogP contribution in [0.15, 0.2) is 48.8 Å². The summed E-state index contributed by atoms with van der Waals surface area (Å²) in [5.74, 6) is 0.218. The van der Waals surface area contributed by atoms with Crippen LogP contribution >= 0.6 is 0 Å². The van der Waals surface area contributed by atoms with Crippen molar-refractivity contribution < 1.29 is 9.18 Å². The highest BCUT2D eigenvalue weighted by Crippen LogP contribution is 2.21. The maximum Gasteiger partial charge on any atom is 0.315 e. The normalized spacial score (nSPS) is 15.0. The van der Waals surface area contributed by atoms with E-state index in [1.807, 2.05) is 12.3 Å². The van der Waals surface area contributed by atoms with Gasteiger partial charge in [-0.05, 0) is 48.6 Å². The predicted molar refractivity (Wildman–Crippen MR) is 95.8 cm³/mol. The van der Waals surface area contributed by atoms with Crippen molar-refractivity contribution in [3.63, 3.8) is 0 Å². The summed E-state index contributed by atoms with van der Waals surface area (Å²) in [4.78, 5) is 18.4. The first-order chi connectivity index (χ1) is 12.2. The first kappa shape index (κ1) is 17.2. The van der Waals surface area contributed by atoms with E-state index < -0.39 is 0 Å².